The summed E-state index contributed by atoms with van der Waals surface area (Å²) < 4.78 is 42.7. The van der Waals surface area contributed by atoms with Gasteiger partial charge >= 0.3 is 5.97 Å². The van der Waals surface area contributed by atoms with Gasteiger partial charge < -0.3 is 14.9 Å². The van der Waals surface area contributed by atoms with Crippen LogP contribution in [0.15, 0.2) is 71.6 Å². The number of hydrogen-bond donors (Lipinski definition) is 2. The molecule has 1 aliphatic heterocycles. The number of nitrogens with one attached hydrogen (secondary N) is 1. The predicted octanol–water partition coefficient (Wildman–Crippen LogP) is 6.08. The third kappa shape index (κ3) is 7.13. The molecular weight excluding hydrogens is 614 g/mol. The molecule has 0 radical (unpaired) electrons. The molecule has 4 aromatic rings. The summed E-state index contributed by atoms with van der Waals surface area (Å²) >= 11 is 0. The summed E-state index contributed by atoms with van der Waals surface area (Å²) in [5.41, 5.74) is 3.08. The molecule has 1 aliphatic rings. The van der Waals surface area contributed by atoms with Crippen LogP contribution in [-0.2, 0) is 10.0 Å². The summed E-state index contributed by atoms with van der Waals surface area (Å²) in [6, 6.07) is 17.7. The summed E-state index contributed by atoms with van der Waals surface area (Å²) in [6.07, 6.45) is 0. The number of aromatic carboxylic acids is 1. The van der Waals surface area contributed by atoms with Crippen LogP contribution in [-0.4, -0.2) is 50.7 Å². The van der Waals surface area contributed by atoms with Gasteiger partial charge in [-0.2, -0.15) is 0 Å². The van der Waals surface area contributed by atoms with Crippen molar-refractivity contribution in [2.24, 2.45) is 0 Å². The van der Waals surface area contributed by atoms with E-state index in [0.717, 1.165) is 11.1 Å². The van der Waals surface area contributed by atoms with E-state index < -0.39 is 16.0 Å². The van der Waals surface area contributed by atoms with Gasteiger partial charge in [0.2, 0.25) is 0 Å². The zero-order valence-corrected chi connectivity index (χ0v) is 25.5. The molecule has 5 rings (SSSR count). The molecule has 2 N–H and O–H groups in total. The Balaban J connectivity index is 0.00000196. The standard InChI is InChI=1S/C28H27FN4O4S.3ClH/c1-18-7-9-21(15-19(18)2)38(36,37)31-20-8-10-25-22(16-20)23(28(34)35)17-27(30-25)33-13-11-32(12-14-33)26-6-4-3-5-24(26)29;;;/h3-10,15-17,31H,11-14H2,1-2H3,(H,34,35);3*1H. The van der Waals surface area contributed by atoms with Crippen LogP contribution in [0.1, 0.15) is 21.5 Å². The van der Waals surface area contributed by atoms with Gasteiger partial charge in [-0.25, -0.2) is 22.6 Å². The first-order chi connectivity index (χ1) is 18.1. The molecule has 1 fully saturated rings. The van der Waals surface area contributed by atoms with E-state index in [1.165, 1.54) is 24.3 Å². The van der Waals surface area contributed by atoms with Crippen LogP contribution < -0.4 is 14.5 Å². The molecule has 41 heavy (non-hydrogen) atoms. The van der Waals surface area contributed by atoms with E-state index in [4.69, 9.17) is 0 Å². The summed E-state index contributed by atoms with van der Waals surface area (Å²) in [5, 5.41) is 10.3. The molecule has 1 aromatic heterocycles. The lowest BCUT2D eigenvalue weighted by Gasteiger charge is -2.37. The highest BCUT2D eigenvalue weighted by Crippen LogP contribution is 2.29. The minimum absolute atomic E-state index is 0. The molecule has 0 atom stereocenters. The number of carboxylic acids is 1. The van der Waals surface area contributed by atoms with E-state index >= 15 is 0 Å². The minimum atomic E-state index is -3.87. The average Bonchev–Trinajstić information content (AvgIpc) is 2.89. The second kappa shape index (κ2) is 13.6. The topological polar surface area (TPSA) is 103 Å². The number of para-hydroxylation sites is 1. The van der Waals surface area contributed by atoms with Crippen molar-refractivity contribution in [3.63, 3.8) is 0 Å². The first kappa shape index (κ1) is 33.9. The first-order valence-corrected chi connectivity index (χ1v) is 13.6. The highest BCUT2D eigenvalue weighted by molar-refractivity contribution is 7.92. The SMILES string of the molecule is Cc1ccc(S(=O)(=O)Nc2ccc3nc(N4CCN(c5ccccc5F)CC4)cc(C(=O)O)c3c2)cc1C.Cl.Cl.Cl. The maximum Gasteiger partial charge on any atom is 0.336 e. The first-order valence-electron chi connectivity index (χ1n) is 12.1. The van der Waals surface area contributed by atoms with Crippen molar-refractivity contribution < 1.29 is 22.7 Å². The van der Waals surface area contributed by atoms with Gasteiger partial charge in [0.05, 0.1) is 21.7 Å². The van der Waals surface area contributed by atoms with Crippen molar-refractivity contribution in [2.45, 2.75) is 18.7 Å². The van der Waals surface area contributed by atoms with Crippen LogP contribution in [0.3, 0.4) is 0 Å². The van der Waals surface area contributed by atoms with Crippen LogP contribution in [0.25, 0.3) is 10.9 Å². The molecule has 13 heteroatoms. The van der Waals surface area contributed by atoms with Gasteiger partial charge in [0.15, 0.2) is 0 Å². The Bertz CT molecular complexity index is 1670. The summed E-state index contributed by atoms with van der Waals surface area (Å²) in [6.45, 7) is 5.94. The van der Waals surface area contributed by atoms with E-state index in [2.05, 4.69) is 9.71 Å². The van der Waals surface area contributed by atoms with Crippen molar-refractivity contribution in [1.82, 2.24) is 4.98 Å². The monoisotopic (exact) mass is 642 g/mol. The summed E-state index contributed by atoms with van der Waals surface area (Å²) in [7, 11) is -3.87. The summed E-state index contributed by atoms with van der Waals surface area (Å²) in [4.78, 5) is 20.9. The van der Waals surface area contributed by atoms with Gasteiger partial charge in [-0.05, 0) is 73.5 Å². The number of carboxylic acid groups (broad SMARTS) is 1. The number of sulfonamides is 1. The average molecular weight is 644 g/mol. The lowest BCUT2D eigenvalue weighted by molar-refractivity contribution is 0.0699. The normalized spacial score (nSPS) is 13.0. The number of rotatable bonds is 6. The second-order valence-electron chi connectivity index (χ2n) is 9.34. The molecule has 0 spiro atoms. The number of piperazine rings is 1. The van der Waals surface area contributed by atoms with E-state index in [1.54, 1.807) is 42.5 Å². The molecule has 0 bridgehead atoms. The fourth-order valence-corrected chi connectivity index (χ4v) is 5.73. The maximum atomic E-state index is 14.2. The fourth-order valence-electron chi connectivity index (χ4n) is 4.59. The molecule has 220 valence electrons. The molecule has 0 aliphatic carbocycles. The zero-order valence-electron chi connectivity index (χ0n) is 22.2. The highest BCUT2D eigenvalue weighted by Gasteiger charge is 2.23. The molecule has 8 nitrogen and oxygen atoms in total. The second-order valence-corrected chi connectivity index (χ2v) is 11.0. The van der Waals surface area contributed by atoms with Crippen LogP contribution in [0.2, 0.25) is 0 Å². The largest absolute Gasteiger partial charge is 0.478 e. The molecule has 0 amide bonds. The smallest absolute Gasteiger partial charge is 0.336 e. The Hall–Kier alpha value is -3.31. The van der Waals surface area contributed by atoms with Gasteiger partial charge in [0.1, 0.15) is 11.6 Å². The number of carbonyl (C=O) groups is 1. The zero-order chi connectivity index (χ0) is 27.0. The summed E-state index contributed by atoms with van der Waals surface area (Å²) in [5.74, 6) is -0.911. The van der Waals surface area contributed by atoms with Gasteiger partial charge in [0, 0.05) is 37.3 Å². The Morgan fingerprint density at radius 3 is 2.17 bits per heavy atom. The van der Waals surface area contributed by atoms with Crippen molar-refractivity contribution in [2.75, 3.05) is 40.7 Å². The van der Waals surface area contributed by atoms with Gasteiger partial charge in [-0.15, -0.1) is 37.2 Å². The highest BCUT2D eigenvalue weighted by atomic mass is 35.5. The lowest BCUT2D eigenvalue weighted by atomic mass is 10.1. The van der Waals surface area contributed by atoms with E-state index in [0.29, 0.717) is 48.6 Å². The number of pyridine rings is 1. The van der Waals surface area contributed by atoms with Gasteiger partial charge in [0.25, 0.3) is 10.0 Å². The molecule has 3 aromatic carbocycles. The quantitative estimate of drug-likeness (QED) is 0.263. The van der Waals surface area contributed by atoms with Crippen molar-refractivity contribution in [1.29, 1.82) is 0 Å². The van der Waals surface area contributed by atoms with Gasteiger partial charge in [-0.1, -0.05) is 18.2 Å². The Morgan fingerprint density at radius 2 is 1.54 bits per heavy atom. The third-order valence-corrected chi connectivity index (χ3v) is 8.24. The van der Waals surface area contributed by atoms with Crippen LogP contribution in [0.5, 0.6) is 0 Å². The predicted molar refractivity (Wildman–Crippen MR) is 168 cm³/mol. The fraction of sp³-hybridized carbons (Fsp3) is 0.214. The molecule has 0 unspecified atom stereocenters. The number of nitrogens with zero attached hydrogens (tertiary/aromatic N) is 3. The van der Waals surface area contributed by atoms with Crippen molar-refractivity contribution >= 4 is 81.3 Å². The molecule has 1 saturated heterocycles. The van der Waals surface area contributed by atoms with Crippen molar-refractivity contribution in [3.8, 4) is 0 Å². The lowest BCUT2D eigenvalue weighted by Crippen LogP contribution is -2.47. The number of fused-ring (bicyclic) bond motifs is 1. The van der Waals surface area contributed by atoms with Crippen molar-refractivity contribution in [3.05, 3.63) is 89.2 Å². The number of hydrogen-bond acceptors (Lipinski definition) is 6. The number of aryl methyl sites for hydroxylation is 2. The van der Waals surface area contributed by atoms with Crippen LogP contribution in [0, 0.1) is 19.7 Å². The van der Waals surface area contributed by atoms with Gasteiger partial charge in [-0.3, -0.25) is 4.72 Å². The Labute approximate surface area is 256 Å². The third-order valence-electron chi connectivity index (χ3n) is 6.86. The number of halogens is 4. The Morgan fingerprint density at radius 1 is 0.878 bits per heavy atom. The number of aromatic nitrogens is 1. The minimum Gasteiger partial charge on any atom is -0.478 e. The van der Waals surface area contributed by atoms with E-state index in [1.807, 2.05) is 23.6 Å². The molecule has 0 saturated carbocycles. The Kier molecular flexibility index (Phi) is 11.2. The van der Waals surface area contributed by atoms with E-state index in [9.17, 15) is 22.7 Å². The van der Waals surface area contributed by atoms with E-state index in [-0.39, 0.29) is 59.2 Å². The molecule has 2 heterocycles. The number of anilines is 3. The maximum absolute atomic E-state index is 14.2. The number of benzene rings is 3. The molecular formula is C28H30Cl3FN4O4S. The van der Waals surface area contributed by atoms with Crippen LogP contribution in [0.4, 0.5) is 21.6 Å². The van der Waals surface area contributed by atoms with Crippen LogP contribution >= 0.6 is 37.2 Å².